The van der Waals surface area contributed by atoms with Crippen LogP contribution in [-0.2, 0) is 43.5 Å². The average molecular weight is 504 g/mol. The molecule has 0 aromatic heterocycles. The summed E-state index contributed by atoms with van der Waals surface area (Å²) in [5, 5.41) is 0. The van der Waals surface area contributed by atoms with Crippen LogP contribution in [-0.4, -0.2) is 0 Å². The molecule has 32 heavy (non-hydrogen) atoms. The van der Waals surface area contributed by atoms with E-state index >= 15 is 0 Å². The second kappa shape index (κ2) is 9.58. The van der Waals surface area contributed by atoms with Gasteiger partial charge in [0.05, 0.1) is 0 Å². The normalized spacial score (nSPS) is 17.1. The second-order valence-corrected chi connectivity index (χ2v) is 12.3. The van der Waals surface area contributed by atoms with Gasteiger partial charge in [-0.3, -0.25) is 6.08 Å². The second-order valence-electron chi connectivity index (χ2n) is 12.3. The molecule has 168 valence electrons. The number of hydrogen-bond donors (Lipinski definition) is 0. The van der Waals surface area contributed by atoms with E-state index in [4.69, 9.17) is 0 Å². The van der Waals surface area contributed by atoms with E-state index < -0.39 is 0 Å². The van der Waals surface area contributed by atoms with E-state index in [0.29, 0.717) is 11.3 Å². The Morgan fingerprint density at radius 1 is 0.781 bits per heavy atom. The summed E-state index contributed by atoms with van der Waals surface area (Å²) in [6.45, 7) is 22.5. The quantitative estimate of drug-likeness (QED) is 0.269. The van der Waals surface area contributed by atoms with Crippen LogP contribution in [0, 0.1) is 23.5 Å². The predicted octanol–water partition coefficient (Wildman–Crippen LogP) is 8.62. The van der Waals surface area contributed by atoms with Crippen LogP contribution in [0.1, 0.15) is 91.5 Å². The summed E-state index contributed by atoms with van der Waals surface area (Å²) in [5.41, 5.74) is 10.4. The van der Waals surface area contributed by atoms with Gasteiger partial charge in [-0.2, -0.15) is 35.4 Å². The van der Waals surface area contributed by atoms with Crippen LogP contribution in [0.2, 0.25) is 0 Å². The molecule has 0 aliphatic heterocycles. The summed E-state index contributed by atoms with van der Waals surface area (Å²) in [7, 11) is 0. The molecule has 2 aromatic carbocycles. The molecule has 0 bridgehead atoms. The number of allylic oxidation sites excluding steroid dienone is 4. The molecule has 0 saturated carbocycles. The van der Waals surface area contributed by atoms with Crippen molar-refractivity contribution >= 4 is 0 Å². The van der Waals surface area contributed by atoms with Crippen molar-refractivity contribution < 1.29 is 26.2 Å². The predicted molar refractivity (Wildman–Crippen MR) is 135 cm³/mol. The minimum Gasteiger partial charge on any atom is -0.270 e. The summed E-state index contributed by atoms with van der Waals surface area (Å²) in [4.78, 5) is 0. The Morgan fingerprint density at radius 3 is 1.88 bits per heavy atom. The van der Waals surface area contributed by atoms with Gasteiger partial charge in [-0.1, -0.05) is 104 Å². The molecule has 0 fully saturated rings. The van der Waals surface area contributed by atoms with Crippen molar-refractivity contribution in [3.63, 3.8) is 0 Å². The Labute approximate surface area is 216 Å². The number of rotatable bonds is 0. The fourth-order valence-corrected chi connectivity index (χ4v) is 4.08. The molecule has 0 saturated heterocycles. The standard InChI is InChI=1S/C21H25.C10H15.Zr/c1-20(2,3)16-7-9-18-14(12-16)11-15-13-17(21(4,5)6)8-10-19(15)18;1-8-5-6-9(7-8)10(2,3)4;/h7-10,12H,11H2,1-6H3;6-8H,1-4H3;/q2*-1;+2. The first kappa shape index (κ1) is 27.1. The van der Waals surface area contributed by atoms with Crippen molar-refractivity contribution in [1.82, 2.24) is 0 Å². The minimum atomic E-state index is 0. The van der Waals surface area contributed by atoms with Crippen molar-refractivity contribution in [1.29, 1.82) is 0 Å². The summed E-state index contributed by atoms with van der Waals surface area (Å²) >= 11 is 0. The Hall–Kier alpha value is -1.20. The first-order valence-electron chi connectivity index (χ1n) is 11.7. The maximum atomic E-state index is 3.67. The van der Waals surface area contributed by atoms with E-state index in [9.17, 15) is 0 Å². The maximum Gasteiger partial charge on any atom is 2.00 e. The zero-order chi connectivity index (χ0) is 23.2. The van der Waals surface area contributed by atoms with Gasteiger partial charge in [0.1, 0.15) is 0 Å². The molecule has 1 heteroatoms. The van der Waals surface area contributed by atoms with Crippen molar-refractivity contribution in [3.8, 4) is 11.1 Å². The topological polar surface area (TPSA) is 0 Å². The van der Waals surface area contributed by atoms with E-state index in [-0.39, 0.29) is 37.0 Å². The number of fused-ring (bicyclic) bond motifs is 3. The maximum absolute atomic E-state index is 3.67. The molecular formula is C31H40Zr. The molecular weight excluding hydrogens is 464 g/mol. The molecule has 1 unspecified atom stereocenters. The molecule has 0 heterocycles. The van der Waals surface area contributed by atoms with Crippen LogP contribution >= 0.6 is 0 Å². The molecule has 0 spiro atoms. The molecule has 4 rings (SSSR count). The third-order valence-electron chi connectivity index (χ3n) is 6.26. The Bertz CT molecular complexity index is 952. The van der Waals surface area contributed by atoms with Gasteiger partial charge in [0, 0.05) is 0 Å². The Kier molecular flexibility index (Phi) is 8.10. The smallest absolute Gasteiger partial charge is 0.270 e. The first-order chi connectivity index (χ1) is 14.2. The molecule has 0 radical (unpaired) electrons. The fraction of sp³-hybridized carbons (Fsp3) is 0.484. The molecule has 1 atom stereocenters. The van der Waals surface area contributed by atoms with Gasteiger partial charge in [0.25, 0.3) is 0 Å². The van der Waals surface area contributed by atoms with Gasteiger partial charge in [0.15, 0.2) is 0 Å². The van der Waals surface area contributed by atoms with Crippen molar-refractivity contribution in [2.24, 2.45) is 11.3 Å². The molecule has 0 N–H and O–H groups in total. The van der Waals surface area contributed by atoms with Crippen LogP contribution in [0.3, 0.4) is 0 Å². The number of hydrogen-bond acceptors (Lipinski definition) is 0. The van der Waals surface area contributed by atoms with Gasteiger partial charge in [-0.15, -0.1) is 11.1 Å². The Balaban J connectivity index is 0.000000280. The van der Waals surface area contributed by atoms with Gasteiger partial charge in [-0.05, 0) is 28.4 Å². The molecule has 2 aromatic rings. The minimum absolute atomic E-state index is 0. The molecule has 2 aliphatic rings. The largest absolute Gasteiger partial charge is 2.00 e. The summed E-state index contributed by atoms with van der Waals surface area (Å²) < 4.78 is 0. The van der Waals surface area contributed by atoms with Gasteiger partial charge in [0.2, 0.25) is 0 Å². The fourth-order valence-electron chi connectivity index (χ4n) is 4.08. The molecule has 0 amide bonds. The molecule has 0 nitrogen and oxygen atoms in total. The van der Waals surface area contributed by atoms with Crippen LogP contribution in [0.4, 0.5) is 0 Å². The van der Waals surface area contributed by atoms with Gasteiger partial charge in [-0.25, -0.2) is 6.08 Å². The van der Waals surface area contributed by atoms with E-state index in [1.165, 1.54) is 39.0 Å². The van der Waals surface area contributed by atoms with Crippen molar-refractivity contribution in [3.05, 3.63) is 82.5 Å². The van der Waals surface area contributed by atoms with Crippen LogP contribution in [0.15, 0.2) is 48.1 Å². The Morgan fingerprint density at radius 2 is 1.41 bits per heavy atom. The molecule has 2 aliphatic carbocycles. The zero-order valence-electron chi connectivity index (χ0n) is 21.8. The third kappa shape index (κ3) is 6.23. The first-order valence-corrected chi connectivity index (χ1v) is 11.7. The van der Waals surface area contributed by atoms with Crippen molar-refractivity contribution in [2.45, 2.75) is 86.5 Å². The monoisotopic (exact) mass is 502 g/mol. The van der Waals surface area contributed by atoms with Crippen LogP contribution in [0.25, 0.3) is 11.1 Å². The average Bonchev–Trinajstić information content (AvgIpc) is 3.22. The number of benzene rings is 2. The SMILES string of the molecule is CC(C)(C)c1[c-]c2c(cc1)-c1ccc(C(C)(C)C)cc1C2.CC1[C-]=CC(C(C)(C)C)=C1.[Zr+2]. The zero-order valence-corrected chi connectivity index (χ0v) is 24.3. The summed E-state index contributed by atoms with van der Waals surface area (Å²) in [6.07, 6.45) is 8.68. The summed E-state index contributed by atoms with van der Waals surface area (Å²) in [5.74, 6) is 0.522. The van der Waals surface area contributed by atoms with E-state index in [1.807, 2.05) is 0 Å². The van der Waals surface area contributed by atoms with E-state index in [0.717, 1.165) is 6.42 Å². The third-order valence-corrected chi connectivity index (χ3v) is 6.26. The van der Waals surface area contributed by atoms with Crippen molar-refractivity contribution in [2.75, 3.05) is 0 Å². The van der Waals surface area contributed by atoms with Gasteiger partial charge >= 0.3 is 26.2 Å². The van der Waals surface area contributed by atoms with E-state index in [1.54, 1.807) is 0 Å². The van der Waals surface area contributed by atoms with E-state index in [2.05, 4.69) is 124 Å². The van der Waals surface area contributed by atoms with Crippen LogP contribution < -0.4 is 0 Å². The summed E-state index contributed by atoms with van der Waals surface area (Å²) in [6, 6.07) is 15.2. The van der Waals surface area contributed by atoms with Gasteiger partial charge < -0.3 is 0 Å². The van der Waals surface area contributed by atoms with Crippen LogP contribution in [0.5, 0.6) is 0 Å².